The fraction of sp³-hybridized carbons (Fsp3) is 0.188. The quantitative estimate of drug-likeness (QED) is 0.694. The third-order valence-electron chi connectivity index (χ3n) is 3.22. The lowest BCUT2D eigenvalue weighted by Crippen LogP contribution is -2.24. The molecule has 0 spiro atoms. The maximum Gasteiger partial charge on any atom is 0.294 e. The molecule has 7 heteroatoms. The van der Waals surface area contributed by atoms with Crippen LogP contribution in [-0.2, 0) is 10.1 Å². The van der Waals surface area contributed by atoms with Crippen molar-refractivity contribution in [2.24, 2.45) is 0 Å². The van der Waals surface area contributed by atoms with Gasteiger partial charge in [0.2, 0.25) is 0 Å². The Morgan fingerprint density at radius 3 is 2.22 bits per heavy atom. The SMILES string of the molecule is Cc1ccc(S(=O)(=O)O)cc1.O=C1NCCNc2ccccc21. The summed E-state index contributed by atoms with van der Waals surface area (Å²) in [4.78, 5) is 11.3. The van der Waals surface area contributed by atoms with Gasteiger partial charge < -0.3 is 10.6 Å². The molecule has 1 aliphatic heterocycles. The first-order chi connectivity index (χ1) is 10.9. The Labute approximate surface area is 135 Å². The van der Waals surface area contributed by atoms with Crippen molar-refractivity contribution in [2.75, 3.05) is 18.4 Å². The number of carbonyl (C=O) groups excluding carboxylic acids is 1. The molecule has 0 atom stereocenters. The second-order valence-electron chi connectivity index (χ2n) is 5.02. The molecule has 0 aliphatic carbocycles. The van der Waals surface area contributed by atoms with Crippen LogP contribution in [0.4, 0.5) is 5.69 Å². The van der Waals surface area contributed by atoms with E-state index in [2.05, 4.69) is 10.6 Å². The smallest absolute Gasteiger partial charge is 0.294 e. The van der Waals surface area contributed by atoms with Crippen LogP contribution < -0.4 is 10.6 Å². The largest absolute Gasteiger partial charge is 0.383 e. The van der Waals surface area contributed by atoms with E-state index in [0.29, 0.717) is 6.54 Å². The van der Waals surface area contributed by atoms with Crippen LogP contribution in [0.1, 0.15) is 15.9 Å². The summed E-state index contributed by atoms with van der Waals surface area (Å²) in [5.74, 6) is 0.00981. The molecule has 1 aliphatic rings. The Morgan fingerprint density at radius 2 is 1.57 bits per heavy atom. The number of amides is 1. The van der Waals surface area contributed by atoms with Crippen molar-refractivity contribution in [1.29, 1.82) is 0 Å². The van der Waals surface area contributed by atoms with Gasteiger partial charge in [-0.3, -0.25) is 9.35 Å². The van der Waals surface area contributed by atoms with E-state index in [0.717, 1.165) is 23.4 Å². The lowest BCUT2D eigenvalue weighted by atomic mass is 10.2. The summed E-state index contributed by atoms with van der Waals surface area (Å²) >= 11 is 0. The molecule has 0 unspecified atom stereocenters. The first-order valence-electron chi connectivity index (χ1n) is 7.03. The molecule has 23 heavy (non-hydrogen) atoms. The topological polar surface area (TPSA) is 95.5 Å². The fourth-order valence-corrected chi connectivity index (χ4v) is 2.49. The van der Waals surface area contributed by atoms with Gasteiger partial charge >= 0.3 is 0 Å². The molecule has 0 fully saturated rings. The average molecular weight is 334 g/mol. The van der Waals surface area contributed by atoms with E-state index >= 15 is 0 Å². The van der Waals surface area contributed by atoms with Crippen LogP contribution in [0.5, 0.6) is 0 Å². The highest BCUT2D eigenvalue weighted by Gasteiger charge is 2.12. The van der Waals surface area contributed by atoms with Gasteiger partial charge in [-0.2, -0.15) is 8.42 Å². The molecule has 6 nitrogen and oxygen atoms in total. The number of para-hydroxylation sites is 1. The van der Waals surface area contributed by atoms with E-state index in [-0.39, 0.29) is 10.8 Å². The van der Waals surface area contributed by atoms with Crippen LogP contribution in [0.25, 0.3) is 0 Å². The minimum Gasteiger partial charge on any atom is -0.383 e. The molecule has 2 aromatic rings. The summed E-state index contributed by atoms with van der Waals surface area (Å²) in [6, 6.07) is 13.5. The normalized spacial score (nSPS) is 13.6. The minimum absolute atomic E-state index is 0.00981. The predicted octanol–water partition coefficient (Wildman–Crippen LogP) is 2.08. The first-order valence-corrected chi connectivity index (χ1v) is 8.47. The van der Waals surface area contributed by atoms with E-state index in [1.807, 2.05) is 31.2 Å². The molecule has 3 N–H and O–H groups in total. The van der Waals surface area contributed by atoms with Crippen molar-refractivity contribution in [2.45, 2.75) is 11.8 Å². The van der Waals surface area contributed by atoms with Gasteiger partial charge in [0.25, 0.3) is 16.0 Å². The summed E-state index contributed by atoms with van der Waals surface area (Å²) in [6.45, 7) is 3.32. The standard InChI is InChI=1S/C9H10N2O.C7H8O3S/c12-9-7-3-1-2-4-8(7)10-5-6-11-9;1-6-2-4-7(5-3-6)11(8,9)10/h1-4,10H,5-6H2,(H,11,12);2-5H,1H3,(H,8,9,10). The molecule has 0 saturated carbocycles. The zero-order valence-electron chi connectivity index (χ0n) is 12.6. The molecule has 3 rings (SSSR count). The Bertz CT molecular complexity index is 786. The summed E-state index contributed by atoms with van der Waals surface area (Å²) in [6.07, 6.45) is 0. The summed E-state index contributed by atoms with van der Waals surface area (Å²) in [5.41, 5.74) is 2.61. The molecule has 0 radical (unpaired) electrons. The van der Waals surface area contributed by atoms with Crippen molar-refractivity contribution >= 4 is 21.7 Å². The molecule has 0 bridgehead atoms. The Kier molecular flexibility index (Phi) is 5.36. The van der Waals surface area contributed by atoms with E-state index < -0.39 is 10.1 Å². The van der Waals surface area contributed by atoms with Crippen LogP contribution in [0.2, 0.25) is 0 Å². The highest BCUT2D eigenvalue weighted by atomic mass is 32.2. The van der Waals surface area contributed by atoms with Crippen LogP contribution >= 0.6 is 0 Å². The third kappa shape index (κ3) is 4.80. The summed E-state index contributed by atoms with van der Waals surface area (Å²) < 4.78 is 29.6. The van der Waals surface area contributed by atoms with Crippen molar-refractivity contribution < 1.29 is 17.8 Å². The minimum atomic E-state index is -4.02. The Balaban J connectivity index is 0.000000168. The maximum absolute atomic E-state index is 11.4. The number of aryl methyl sites for hydroxylation is 1. The molecule has 0 aromatic heterocycles. The molecule has 1 heterocycles. The van der Waals surface area contributed by atoms with Gasteiger partial charge in [0.05, 0.1) is 10.5 Å². The Hall–Kier alpha value is -2.38. The van der Waals surface area contributed by atoms with Gasteiger partial charge in [0, 0.05) is 18.8 Å². The van der Waals surface area contributed by atoms with Gasteiger partial charge in [-0.1, -0.05) is 29.8 Å². The van der Waals surface area contributed by atoms with Gasteiger partial charge in [0.15, 0.2) is 0 Å². The van der Waals surface area contributed by atoms with E-state index in [1.165, 1.54) is 12.1 Å². The van der Waals surface area contributed by atoms with E-state index in [4.69, 9.17) is 4.55 Å². The van der Waals surface area contributed by atoms with Crippen molar-refractivity contribution in [3.05, 3.63) is 59.7 Å². The first kappa shape index (κ1) is 17.0. The number of nitrogens with one attached hydrogen (secondary N) is 2. The lowest BCUT2D eigenvalue weighted by molar-refractivity contribution is 0.0958. The van der Waals surface area contributed by atoms with Gasteiger partial charge in [0.1, 0.15) is 0 Å². The molecular formula is C16H18N2O4S. The van der Waals surface area contributed by atoms with Crippen LogP contribution in [0.3, 0.4) is 0 Å². The fourth-order valence-electron chi connectivity index (χ4n) is 2.01. The predicted molar refractivity (Wildman–Crippen MR) is 88.3 cm³/mol. The van der Waals surface area contributed by atoms with E-state index in [1.54, 1.807) is 12.1 Å². The highest BCUT2D eigenvalue weighted by molar-refractivity contribution is 7.85. The second kappa shape index (κ2) is 7.26. The summed E-state index contributed by atoms with van der Waals surface area (Å²) in [7, 11) is -4.02. The number of anilines is 1. The highest BCUT2D eigenvalue weighted by Crippen LogP contribution is 2.15. The number of carbonyl (C=O) groups is 1. The van der Waals surface area contributed by atoms with Crippen LogP contribution in [-0.4, -0.2) is 32.0 Å². The second-order valence-corrected chi connectivity index (χ2v) is 6.44. The molecular weight excluding hydrogens is 316 g/mol. The molecule has 2 aromatic carbocycles. The van der Waals surface area contributed by atoms with Crippen LogP contribution in [0.15, 0.2) is 53.4 Å². The van der Waals surface area contributed by atoms with Gasteiger partial charge in [-0.25, -0.2) is 0 Å². The zero-order valence-corrected chi connectivity index (χ0v) is 13.4. The number of fused-ring (bicyclic) bond motifs is 1. The number of hydrogen-bond acceptors (Lipinski definition) is 4. The van der Waals surface area contributed by atoms with Crippen molar-refractivity contribution in [3.8, 4) is 0 Å². The lowest BCUT2D eigenvalue weighted by Gasteiger charge is -2.03. The van der Waals surface area contributed by atoms with Crippen LogP contribution in [0, 0.1) is 6.92 Å². The van der Waals surface area contributed by atoms with Crippen molar-refractivity contribution in [3.63, 3.8) is 0 Å². The summed E-state index contributed by atoms with van der Waals surface area (Å²) in [5, 5.41) is 5.97. The molecule has 1 amide bonds. The van der Waals surface area contributed by atoms with Gasteiger partial charge in [-0.15, -0.1) is 0 Å². The van der Waals surface area contributed by atoms with Gasteiger partial charge in [-0.05, 0) is 31.2 Å². The molecule has 122 valence electrons. The number of hydrogen-bond donors (Lipinski definition) is 3. The molecule has 0 saturated heterocycles. The zero-order chi connectivity index (χ0) is 16.9. The number of rotatable bonds is 1. The average Bonchev–Trinajstić information content (AvgIpc) is 2.70. The van der Waals surface area contributed by atoms with E-state index in [9.17, 15) is 13.2 Å². The Morgan fingerprint density at radius 1 is 0.957 bits per heavy atom. The third-order valence-corrected chi connectivity index (χ3v) is 4.08. The van der Waals surface area contributed by atoms with Crippen molar-refractivity contribution in [1.82, 2.24) is 5.32 Å². The number of benzene rings is 2. The monoisotopic (exact) mass is 334 g/mol. The maximum atomic E-state index is 11.4.